The second-order valence-corrected chi connectivity index (χ2v) is 4.72. The van der Waals surface area contributed by atoms with Gasteiger partial charge < -0.3 is 9.64 Å². The first-order valence-corrected chi connectivity index (χ1v) is 6.23. The minimum absolute atomic E-state index is 0.0315. The Balaban J connectivity index is 1.85. The van der Waals surface area contributed by atoms with Crippen LogP contribution in [0, 0.1) is 11.3 Å². The van der Waals surface area contributed by atoms with Crippen molar-refractivity contribution in [2.45, 2.75) is 24.8 Å². The molecule has 2 atom stereocenters. The van der Waals surface area contributed by atoms with Gasteiger partial charge >= 0.3 is 0 Å². The predicted molar refractivity (Wildman–Crippen MR) is 65.0 cm³/mol. The quantitative estimate of drug-likeness (QED) is 0.752. The highest BCUT2D eigenvalue weighted by molar-refractivity contribution is 5.86. The van der Waals surface area contributed by atoms with Crippen LogP contribution in [-0.4, -0.2) is 30.0 Å². The lowest BCUT2D eigenvalue weighted by molar-refractivity contribution is -0.133. The number of rotatable bonds is 1. The number of ether oxygens (including phenoxy) is 1. The molecule has 0 spiro atoms. The number of benzene rings is 1. The molecule has 0 N–H and O–H groups in total. The van der Waals surface area contributed by atoms with Crippen molar-refractivity contribution in [3.63, 3.8) is 0 Å². The minimum Gasteiger partial charge on any atom is -0.492 e. The number of nitriles is 1. The normalized spacial score (nSPS) is 25.4. The molecule has 1 amide bonds. The Morgan fingerprint density at radius 2 is 2.28 bits per heavy atom. The maximum atomic E-state index is 12.5. The first-order chi connectivity index (χ1) is 8.81. The highest BCUT2D eigenvalue weighted by atomic mass is 16.5. The molecule has 2 aliphatic rings. The van der Waals surface area contributed by atoms with Crippen molar-refractivity contribution in [1.82, 2.24) is 4.90 Å². The zero-order valence-corrected chi connectivity index (χ0v) is 10.0. The Hall–Kier alpha value is -2.02. The number of hydrogen-bond donors (Lipinski definition) is 0. The average molecular weight is 242 g/mol. The molecule has 92 valence electrons. The fourth-order valence-corrected chi connectivity index (χ4v) is 2.73. The van der Waals surface area contributed by atoms with Gasteiger partial charge in [-0.2, -0.15) is 5.26 Å². The Morgan fingerprint density at radius 1 is 1.44 bits per heavy atom. The van der Waals surface area contributed by atoms with Crippen molar-refractivity contribution < 1.29 is 9.53 Å². The molecule has 0 aromatic heterocycles. The second-order valence-electron chi connectivity index (χ2n) is 4.72. The summed E-state index contributed by atoms with van der Waals surface area (Å²) in [5, 5.41) is 9.05. The largest absolute Gasteiger partial charge is 0.492 e. The summed E-state index contributed by atoms with van der Waals surface area (Å²) in [6, 6.07) is 9.58. The summed E-state index contributed by atoms with van der Waals surface area (Å²) in [4.78, 5) is 14.2. The Bertz CT molecular complexity index is 521. The molecule has 1 fully saturated rings. The van der Waals surface area contributed by atoms with E-state index in [2.05, 4.69) is 6.07 Å². The van der Waals surface area contributed by atoms with Crippen molar-refractivity contribution in [2.24, 2.45) is 0 Å². The van der Waals surface area contributed by atoms with Crippen LogP contribution >= 0.6 is 0 Å². The van der Waals surface area contributed by atoms with E-state index in [-0.39, 0.29) is 17.9 Å². The van der Waals surface area contributed by atoms with Crippen LogP contribution in [0.5, 0.6) is 5.75 Å². The number of amides is 1. The third-order valence-corrected chi connectivity index (χ3v) is 3.68. The fourth-order valence-electron chi connectivity index (χ4n) is 2.73. The Morgan fingerprint density at radius 3 is 3.11 bits per heavy atom. The van der Waals surface area contributed by atoms with E-state index < -0.39 is 0 Å². The van der Waals surface area contributed by atoms with Crippen LogP contribution < -0.4 is 4.74 Å². The van der Waals surface area contributed by atoms with E-state index in [0.29, 0.717) is 13.2 Å². The van der Waals surface area contributed by atoms with Gasteiger partial charge in [0.2, 0.25) is 5.91 Å². The van der Waals surface area contributed by atoms with Gasteiger partial charge in [-0.3, -0.25) is 4.79 Å². The molecule has 3 rings (SSSR count). The number of carbonyl (C=O) groups is 1. The summed E-state index contributed by atoms with van der Waals surface area (Å²) in [5.74, 6) is 0.586. The van der Waals surface area contributed by atoms with Gasteiger partial charge in [-0.15, -0.1) is 0 Å². The van der Waals surface area contributed by atoms with E-state index in [4.69, 9.17) is 10.00 Å². The van der Waals surface area contributed by atoms with Gasteiger partial charge in [0.1, 0.15) is 24.3 Å². The molecule has 4 nitrogen and oxygen atoms in total. The van der Waals surface area contributed by atoms with Crippen LogP contribution in [0.1, 0.15) is 24.3 Å². The molecule has 18 heavy (non-hydrogen) atoms. The highest BCUT2D eigenvalue weighted by Gasteiger charge is 2.37. The molecule has 1 aromatic carbocycles. The lowest BCUT2D eigenvalue weighted by atomic mass is 9.99. The van der Waals surface area contributed by atoms with E-state index in [1.807, 2.05) is 24.3 Å². The van der Waals surface area contributed by atoms with E-state index in [1.54, 1.807) is 4.90 Å². The van der Waals surface area contributed by atoms with Crippen molar-refractivity contribution in [1.29, 1.82) is 5.26 Å². The smallest absolute Gasteiger partial charge is 0.234 e. The topological polar surface area (TPSA) is 53.3 Å². The van der Waals surface area contributed by atoms with E-state index in [1.165, 1.54) is 0 Å². The van der Waals surface area contributed by atoms with Crippen molar-refractivity contribution >= 4 is 5.91 Å². The Kier molecular flexibility index (Phi) is 2.67. The summed E-state index contributed by atoms with van der Waals surface area (Å²) in [6.07, 6.45) is 1.71. The fraction of sp³-hybridized carbons (Fsp3) is 0.429. The lowest BCUT2D eigenvalue weighted by Gasteiger charge is -2.22. The van der Waals surface area contributed by atoms with Gasteiger partial charge in [0.05, 0.1) is 6.07 Å². The zero-order chi connectivity index (χ0) is 12.5. The average Bonchev–Trinajstić information content (AvgIpc) is 3.04. The van der Waals surface area contributed by atoms with Crippen molar-refractivity contribution in [3.8, 4) is 11.8 Å². The number of carbonyl (C=O) groups excluding carboxylic acids is 1. The number of fused-ring (bicyclic) bond motifs is 1. The van der Waals surface area contributed by atoms with Gasteiger partial charge in [-0.25, -0.2) is 0 Å². The maximum Gasteiger partial charge on any atom is 0.234 e. The summed E-state index contributed by atoms with van der Waals surface area (Å²) in [7, 11) is 0. The lowest BCUT2D eigenvalue weighted by Crippen LogP contribution is -2.38. The summed E-state index contributed by atoms with van der Waals surface area (Å²) in [5.41, 5.74) is 0.950. The zero-order valence-electron chi connectivity index (χ0n) is 10.0. The van der Waals surface area contributed by atoms with Gasteiger partial charge in [0.25, 0.3) is 0 Å². The predicted octanol–water partition coefficient (Wildman–Crippen LogP) is 1.68. The molecule has 2 heterocycles. The van der Waals surface area contributed by atoms with Gasteiger partial charge in [-0.05, 0) is 18.9 Å². The summed E-state index contributed by atoms with van der Waals surface area (Å²) >= 11 is 0. The van der Waals surface area contributed by atoms with Crippen LogP contribution in [0.3, 0.4) is 0 Å². The minimum atomic E-state index is -0.259. The number of para-hydroxylation sites is 1. The first-order valence-electron chi connectivity index (χ1n) is 6.23. The van der Waals surface area contributed by atoms with Crippen molar-refractivity contribution in [3.05, 3.63) is 29.8 Å². The van der Waals surface area contributed by atoms with E-state index in [9.17, 15) is 4.79 Å². The SMILES string of the molecule is N#CC1CCCN1C(=O)C1COc2ccccc21. The molecular formula is C14H14N2O2. The monoisotopic (exact) mass is 242 g/mol. The van der Waals surface area contributed by atoms with Crippen molar-refractivity contribution in [2.75, 3.05) is 13.2 Å². The van der Waals surface area contributed by atoms with Crippen LogP contribution in [0.4, 0.5) is 0 Å². The van der Waals surface area contributed by atoms with E-state index in [0.717, 1.165) is 24.2 Å². The van der Waals surface area contributed by atoms with Gasteiger partial charge in [0, 0.05) is 12.1 Å². The van der Waals surface area contributed by atoms with Crippen LogP contribution in [-0.2, 0) is 4.79 Å². The molecule has 0 bridgehead atoms. The molecule has 0 saturated carbocycles. The third-order valence-electron chi connectivity index (χ3n) is 3.68. The Labute approximate surface area is 106 Å². The van der Waals surface area contributed by atoms with Gasteiger partial charge in [-0.1, -0.05) is 18.2 Å². The molecule has 1 aromatic rings. The molecular weight excluding hydrogens is 228 g/mol. The highest BCUT2D eigenvalue weighted by Crippen LogP contribution is 2.35. The standard InChI is InChI=1S/C14H14N2O2/c15-8-10-4-3-7-16(10)14(17)12-9-18-13-6-2-1-5-11(12)13/h1-2,5-6,10,12H,3-4,7,9H2. The number of hydrogen-bond acceptors (Lipinski definition) is 3. The molecule has 4 heteroatoms. The summed E-state index contributed by atoms with van der Waals surface area (Å²) in [6.45, 7) is 1.09. The molecule has 1 saturated heterocycles. The van der Waals surface area contributed by atoms with Crippen LogP contribution in [0.2, 0.25) is 0 Å². The van der Waals surface area contributed by atoms with E-state index >= 15 is 0 Å². The molecule has 0 aliphatic carbocycles. The first kappa shape index (κ1) is 11.1. The third kappa shape index (κ3) is 1.63. The number of likely N-dealkylation sites (tertiary alicyclic amines) is 1. The van der Waals surface area contributed by atoms with Gasteiger partial charge in [0.15, 0.2) is 0 Å². The van der Waals surface area contributed by atoms with Crippen LogP contribution in [0.25, 0.3) is 0 Å². The molecule has 2 aliphatic heterocycles. The maximum absolute atomic E-state index is 12.5. The molecule has 2 unspecified atom stereocenters. The second kappa shape index (κ2) is 4.34. The van der Waals surface area contributed by atoms with Crippen LogP contribution in [0.15, 0.2) is 24.3 Å². The molecule has 0 radical (unpaired) electrons. The number of nitrogens with zero attached hydrogens (tertiary/aromatic N) is 2. The summed E-state index contributed by atoms with van der Waals surface area (Å²) < 4.78 is 5.53.